The predicted octanol–water partition coefficient (Wildman–Crippen LogP) is 4.02. The molecule has 70 valence electrons. The summed E-state index contributed by atoms with van der Waals surface area (Å²) < 4.78 is 0. The lowest BCUT2D eigenvalue weighted by Crippen LogP contribution is -2.05. The van der Waals surface area contributed by atoms with Gasteiger partial charge in [0, 0.05) is 11.0 Å². The average molecular weight is 184 g/mol. The molecule has 1 fully saturated rings. The van der Waals surface area contributed by atoms with Crippen LogP contribution in [0, 0.1) is 0 Å². The van der Waals surface area contributed by atoms with Crippen molar-refractivity contribution in [2.24, 2.45) is 0 Å². The summed E-state index contributed by atoms with van der Waals surface area (Å²) >= 11 is 2.10. The molecule has 1 rings (SSSR count). The lowest BCUT2D eigenvalue weighted by molar-refractivity contribution is 0.513. The zero-order valence-electron chi connectivity index (χ0n) is 7.93. The van der Waals surface area contributed by atoms with Crippen LogP contribution in [0.3, 0.4) is 0 Å². The van der Waals surface area contributed by atoms with Crippen molar-refractivity contribution in [3.63, 3.8) is 0 Å². The molecule has 0 aromatic carbocycles. The molecule has 0 aromatic rings. The quantitative estimate of drug-likeness (QED) is 0.597. The largest absolute Gasteiger partial charge is 0.154 e. The van der Waals surface area contributed by atoms with Gasteiger partial charge < -0.3 is 0 Å². The highest BCUT2D eigenvalue weighted by atomic mass is 32.2. The molecule has 1 aliphatic rings. The third kappa shape index (κ3) is 4.20. The van der Waals surface area contributed by atoms with E-state index in [2.05, 4.69) is 18.3 Å². The second kappa shape index (κ2) is 6.59. The van der Waals surface area contributed by atoms with E-state index in [-0.39, 0.29) is 0 Å². The monoisotopic (exact) mass is 184 g/mol. The molecule has 0 atom stereocenters. The van der Waals surface area contributed by atoms with Gasteiger partial charge in [0.1, 0.15) is 0 Å². The summed E-state index contributed by atoms with van der Waals surface area (Å²) in [6.45, 7) is 3.77. The SMILES string of the molecule is C=CCSC1CCCCCCC1. The van der Waals surface area contributed by atoms with E-state index in [0.29, 0.717) is 0 Å². The Balaban J connectivity index is 2.15. The molecule has 0 aliphatic heterocycles. The molecule has 0 saturated heterocycles. The lowest BCUT2D eigenvalue weighted by Gasteiger charge is -2.18. The van der Waals surface area contributed by atoms with Crippen LogP contribution in [0.1, 0.15) is 44.9 Å². The molecule has 0 N–H and O–H groups in total. The van der Waals surface area contributed by atoms with Crippen molar-refractivity contribution >= 4 is 11.8 Å². The van der Waals surface area contributed by atoms with Gasteiger partial charge in [-0.2, -0.15) is 11.8 Å². The number of hydrogen-bond donors (Lipinski definition) is 0. The van der Waals surface area contributed by atoms with Gasteiger partial charge in [-0.1, -0.05) is 38.2 Å². The van der Waals surface area contributed by atoms with Crippen molar-refractivity contribution in [2.45, 2.75) is 50.2 Å². The molecule has 0 nitrogen and oxygen atoms in total. The van der Waals surface area contributed by atoms with E-state index in [0.717, 1.165) is 11.0 Å². The van der Waals surface area contributed by atoms with Crippen molar-refractivity contribution in [3.05, 3.63) is 12.7 Å². The van der Waals surface area contributed by atoms with Gasteiger partial charge in [-0.15, -0.1) is 6.58 Å². The normalized spacial score (nSPS) is 21.3. The third-order valence-electron chi connectivity index (χ3n) is 2.50. The lowest BCUT2D eigenvalue weighted by atomic mass is 10.0. The molecule has 0 bridgehead atoms. The first-order chi connectivity index (χ1) is 5.93. The van der Waals surface area contributed by atoms with Gasteiger partial charge in [-0.3, -0.25) is 0 Å². The maximum atomic E-state index is 3.77. The molecule has 1 saturated carbocycles. The van der Waals surface area contributed by atoms with Crippen molar-refractivity contribution in [1.82, 2.24) is 0 Å². The summed E-state index contributed by atoms with van der Waals surface area (Å²) in [5.74, 6) is 1.14. The van der Waals surface area contributed by atoms with Gasteiger partial charge in [0.25, 0.3) is 0 Å². The van der Waals surface area contributed by atoms with Crippen molar-refractivity contribution in [1.29, 1.82) is 0 Å². The van der Waals surface area contributed by atoms with Gasteiger partial charge in [-0.05, 0) is 12.8 Å². The molecule has 1 aliphatic carbocycles. The van der Waals surface area contributed by atoms with Crippen LogP contribution in [0.2, 0.25) is 0 Å². The topological polar surface area (TPSA) is 0 Å². The van der Waals surface area contributed by atoms with Crippen LogP contribution in [0.25, 0.3) is 0 Å². The van der Waals surface area contributed by atoms with E-state index < -0.39 is 0 Å². The minimum absolute atomic E-state index is 0.934. The van der Waals surface area contributed by atoms with E-state index in [1.807, 2.05) is 6.08 Å². The Morgan fingerprint density at radius 1 is 1.08 bits per heavy atom. The number of hydrogen-bond acceptors (Lipinski definition) is 1. The van der Waals surface area contributed by atoms with E-state index in [1.54, 1.807) is 0 Å². The van der Waals surface area contributed by atoms with Crippen LogP contribution in [0.15, 0.2) is 12.7 Å². The van der Waals surface area contributed by atoms with E-state index in [1.165, 1.54) is 44.9 Å². The third-order valence-corrected chi connectivity index (χ3v) is 3.87. The first-order valence-corrected chi connectivity index (χ1v) is 6.21. The Morgan fingerprint density at radius 3 is 2.25 bits per heavy atom. The van der Waals surface area contributed by atoms with Crippen molar-refractivity contribution < 1.29 is 0 Å². The average Bonchev–Trinajstić information content (AvgIpc) is 2.02. The first kappa shape index (κ1) is 10.2. The molecule has 1 heteroatoms. The summed E-state index contributed by atoms with van der Waals surface area (Å²) in [4.78, 5) is 0. The second-order valence-electron chi connectivity index (χ2n) is 3.59. The Morgan fingerprint density at radius 2 is 1.67 bits per heavy atom. The predicted molar refractivity (Wildman–Crippen MR) is 58.8 cm³/mol. The fourth-order valence-corrected chi connectivity index (χ4v) is 2.86. The Hall–Kier alpha value is 0.0900. The summed E-state index contributed by atoms with van der Waals surface area (Å²) in [5, 5.41) is 0.934. The van der Waals surface area contributed by atoms with Crippen LogP contribution in [-0.2, 0) is 0 Å². The van der Waals surface area contributed by atoms with E-state index >= 15 is 0 Å². The van der Waals surface area contributed by atoms with Gasteiger partial charge in [0.05, 0.1) is 0 Å². The highest BCUT2D eigenvalue weighted by Crippen LogP contribution is 2.26. The molecule has 0 heterocycles. The highest BCUT2D eigenvalue weighted by Gasteiger charge is 2.10. The summed E-state index contributed by atoms with van der Waals surface area (Å²) in [6, 6.07) is 0. The second-order valence-corrected chi connectivity index (χ2v) is 4.92. The summed E-state index contributed by atoms with van der Waals surface area (Å²) in [6.07, 6.45) is 12.2. The van der Waals surface area contributed by atoms with Crippen LogP contribution in [0.4, 0.5) is 0 Å². The molecule has 0 amide bonds. The number of rotatable bonds is 3. The highest BCUT2D eigenvalue weighted by molar-refractivity contribution is 8.00. The minimum atomic E-state index is 0.934. The van der Waals surface area contributed by atoms with Gasteiger partial charge in [-0.25, -0.2) is 0 Å². The molecule has 0 radical (unpaired) electrons. The van der Waals surface area contributed by atoms with Crippen LogP contribution >= 0.6 is 11.8 Å². The zero-order valence-corrected chi connectivity index (χ0v) is 8.74. The van der Waals surface area contributed by atoms with E-state index in [9.17, 15) is 0 Å². The van der Waals surface area contributed by atoms with Gasteiger partial charge in [0.15, 0.2) is 0 Å². The fourth-order valence-electron chi connectivity index (χ4n) is 1.79. The van der Waals surface area contributed by atoms with Crippen LogP contribution in [-0.4, -0.2) is 11.0 Å². The molecule has 0 unspecified atom stereocenters. The Kier molecular flexibility index (Phi) is 5.59. The maximum absolute atomic E-state index is 3.77. The van der Waals surface area contributed by atoms with Crippen molar-refractivity contribution in [2.75, 3.05) is 5.75 Å². The minimum Gasteiger partial charge on any atom is -0.154 e. The Labute approximate surface area is 80.8 Å². The van der Waals surface area contributed by atoms with E-state index in [4.69, 9.17) is 0 Å². The Bertz CT molecular complexity index is 112. The smallest absolute Gasteiger partial charge is 0.0113 e. The van der Waals surface area contributed by atoms with Gasteiger partial charge >= 0.3 is 0 Å². The number of thioether (sulfide) groups is 1. The summed E-state index contributed by atoms with van der Waals surface area (Å²) in [5.41, 5.74) is 0. The maximum Gasteiger partial charge on any atom is 0.0113 e. The first-order valence-electron chi connectivity index (χ1n) is 5.16. The molecular formula is C11H20S. The molecule has 12 heavy (non-hydrogen) atoms. The molecule has 0 spiro atoms. The summed E-state index contributed by atoms with van der Waals surface area (Å²) in [7, 11) is 0. The standard InChI is InChI=1S/C11H20S/c1-2-10-12-11-8-6-4-3-5-7-9-11/h2,11H,1,3-10H2. The fraction of sp³-hybridized carbons (Fsp3) is 0.818. The zero-order chi connectivity index (χ0) is 8.65. The molecular weight excluding hydrogens is 164 g/mol. The van der Waals surface area contributed by atoms with Crippen LogP contribution in [0.5, 0.6) is 0 Å². The van der Waals surface area contributed by atoms with Gasteiger partial charge in [0.2, 0.25) is 0 Å². The van der Waals surface area contributed by atoms with Crippen LogP contribution < -0.4 is 0 Å². The molecule has 0 aromatic heterocycles. The van der Waals surface area contributed by atoms with Crippen molar-refractivity contribution in [3.8, 4) is 0 Å².